The molecule has 2 aromatic carbocycles. The maximum absolute atomic E-state index is 7.11. The Labute approximate surface area is 143 Å². The second-order valence-electron chi connectivity index (χ2n) is 6.78. The summed E-state index contributed by atoms with van der Waals surface area (Å²) in [6.45, 7) is 3.12. The number of fused-ring (bicyclic) bond motifs is 3. The van der Waals surface area contributed by atoms with E-state index in [-0.39, 0.29) is 4.87 Å². The van der Waals surface area contributed by atoms with E-state index in [4.69, 9.17) is 11.6 Å². The number of alkyl halides is 1. The summed E-state index contributed by atoms with van der Waals surface area (Å²) in [5.41, 5.74) is 2.74. The molecule has 2 bridgehead atoms. The lowest BCUT2D eigenvalue weighted by Gasteiger charge is -2.57. The van der Waals surface area contributed by atoms with Crippen LogP contribution in [0.5, 0.6) is 0 Å². The summed E-state index contributed by atoms with van der Waals surface area (Å²) in [6.07, 6.45) is 3.21. The topological polar surface area (TPSA) is 6.48 Å². The van der Waals surface area contributed by atoms with Crippen molar-refractivity contribution in [2.24, 2.45) is 0 Å². The quantitative estimate of drug-likeness (QED) is 0.780. The van der Waals surface area contributed by atoms with E-state index >= 15 is 0 Å². The van der Waals surface area contributed by atoms with E-state index in [0.29, 0.717) is 6.04 Å². The molecular formula is C20H23ClN2. The van der Waals surface area contributed by atoms with Crippen LogP contribution in [-0.2, 0) is 13.0 Å². The predicted molar refractivity (Wildman–Crippen MR) is 95.3 cm³/mol. The standard InChI is InChI=1S/C20H23ClN2/c21-20-11-13-22(14-12-20)23(16-18-9-5-2-6-10-18)19(20)15-17-7-3-1-4-8-17/h1-10,19H,11-16H2. The van der Waals surface area contributed by atoms with Crippen LogP contribution in [0.3, 0.4) is 0 Å². The molecule has 3 fully saturated rings. The summed E-state index contributed by atoms with van der Waals surface area (Å²) >= 11 is 7.11. The molecule has 0 aliphatic carbocycles. The fourth-order valence-corrected chi connectivity index (χ4v) is 4.39. The minimum atomic E-state index is -0.0840. The molecule has 0 aromatic heterocycles. The third kappa shape index (κ3) is 3.03. The number of piperidine rings is 1. The van der Waals surface area contributed by atoms with Crippen molar-refractivity contribution >= 4 is 11.6 Å². The van der Waals surface area contributed by atoms with Gasteiger partial charge in [-0.2, -0.15) is 0 Å². The average molecular weight is 327 g/mol. The van der Waals surface area contributed by atoms with E-state index in [0.717, 1.165) is 38.9 Å². The molecule has 3 heteroatoms. The van der Waals surface area contributed by atoms with Gasteiger partial charge in [-0.1, -0.05) is 60.7 Å². The molecule has 2 nitrogen and oxygen atoms in total. The van der Waals surface area contributed by atoms with Crippen molar-refractivity contribution in [1.82, 2.24) is 10.0 Å². The summed E-state index contributed by atoms with van der Waals surface area (Å²) in [5.74, 6) is 0. The van der Waals surface area contributed by atoms with Crippen LogP contribution in [0.1, 0.15) is 24.0 Å². The minimum absolute atomic E-state index is 0.0840. The van der Waals surface area contributed by atoms with Crippen molar-refractivity contribution in [2.45, 2.75) is 36.7 Å². The second kappa shape index (κ2) is 6.27. The van der Waals surface area contributed by atoms with E-state index < -0.39 is 0 Å². The Morgan fingerprint density at radius 2 is 1.43 bits per heavy atom. The first kappa shape index (κ1) is 15.2. The van der Waals surface area contributed by atoms with Gasteiger partial charge in [0.1, 0.15) is 0 Å². The molecule has 23 heavy (non-hydrogen) atoms. The maximum atomic E-state index is 7.11. The van der Waals surface area contributed by atoms with Gasteiger partial charge in [-0.15, -0.1) is 11.6 Å². The van der Waals surface area contributed by atoms with E-state index in [1.807, 2.05) is 0 Å². The van der Waals surface area contributed by atoms with Crippen molar-refractivity contribution in [3.05, 3.63) is 71.8 Å². The van der Waals surface area contributed by atoms with Gasteiger partial charge in [0.25, 0.3) is 0 Å². The largest absolute Gasteiger partial charge is 0.241 e. The Kier molecular flexibility index (Phi) is 4.14. The molecule has 5 rings (SSSR count). The average Bonchev–Trinajstić information content (AvgIpc) is 2.60. The van der Waals surface area contributed by atoms with Gasteiger partial charge in [0, 0.05) is 25.7 Å². The van der Waals surface area contributed by atoms with Crippen molar-refractivity contribution in [2.75, 3.05) is 13.1 Å². The number of benzene rings is 2. The molecule has 0 N–H and O–H groups in total. The van der Waals surface area contributed by atoms with Gasteiger partial charge in [-0.25, -0.2) is 10.0 Å². The van der Waals surface area contributed by atoms with Gasteiger partial charge >= 0.3 is 0 Å². The Hall–Kier alpha value is -1.35. The van der Waals surface area contributed by atoms with Gasteiger partial charge in [0.05, 0.1) is 4.87 Å². The number of hydrazine groups is 1. The van der Waals surface area contributed by atoms with Gasteiger partial charge in [0.15, 0.2) is 0 Å². The Morgan fingerprint density at radius 3 is 2.04 bits per heavy atom. The number of halogens is 1. The highest BCUT2D eigenvalue weighted by molar-refractivity contribution is 6.24. The van der Waals surface area contributed by atoms with Crippen molar-refractivity contribution in [3.8, 4) is 0 Å². The lowest BCUT2D eigenvalue weighted by atomic mass is 9.82. The molecule has 0 amide bonds. The Morgan fingerprint density at radius 1 is 0.870 bits per heavy atom. The fraction of sp³-hybridized carbons (Fsp3) is 0.400. The number of rotatable bonds is 4. The van der Waals surface area contributed by atoms with Crippen LogP contribution in [0.2, 0.25) is 0 Å². The minimum Gasteiger partial charge on any atom is -0.241 e. The molecule has 0 saturated carbocycles. The van der Waals surface area contributed by atoms with Crippen LogP contribution in [0, 0.1) is 0 Å². The molecule has 0 spiro atoms. The third-order valence-electron chi connectivity index (χ3n) is 5.35. The summed E-state index contributed by atoms with van der Waals surface area (Å²) in [6, 6.07) is 21.9. The van der Waals surface area contributed by atoms with Gasteiger partial charge in [-0.05, 0) is 30.4 Å². The summed E-state index contributed by atoms with van der Waals surface area (Å²) in [4.78, 5) is -0.0840. The van der Waals surface area contributed by atoms with E-state index in [1.54, 1.807) is 0 Å². The molecule has 0 radical (unpaired) electrons. The summed E-state index contributed by atoms with van der Waals surface area (Å²) in [5, 5.41) is 5.05. The fourth-order valence-electron chi connectivity index (χ4n) is 4.03. The molecule has 1 atom stereocenters. The highest BCUT2D eigenvalue weighted by atomic mass is 35.5. The highest BCUT2D eigenvalue weighted by Crippen LogP contribution is 2.43. The first-order valence-electron chi connectivity index (χ1n) is 8.53. The normalized spacial score (nSPS) is 30.5. The Bertz CT molecular complexity index is 635. The van der Waals surface area contributed by atoms with Crippen LogP contribution in [0.4, 0.5) is 0 Å². The zero-order valence-electron chi connectivity index (χ0n) is 13.4. The van der Waals surface area contributed by atoms with Crippen LogP contribution in [0.25, 0.3) is 0 Å². The smallest absolute Gasteiger partial charge is 0.0644 e. The molecule has 3 heterocycles. The highest BCUT2D eigenvalue weighted by Gasteiger charge is 2.50. The first-order valence-corrected chi connectivity index (χ1v) is 8.91. The zero-order chi connectivity index (χ0) is 15.7. The second-order valence-corrected chi connectivity index (χ2v) is 7.53. The monoisotopic (exact) mass is 326 g/mol. The molecule has 2 aromatic rings. The van der Waals surface area contributed by atoms with Crippen LogP contribution in [0.15, 0.2) is 60.7 Å². The van der Waals surface area contributed by atoms with E-state index in [9.17, 15) is 0 Å². The third-order valence-corrected chi connectivity index (χ3v) is 5.98. The summed E-state index contributed by atoms with van der Waals surface area (Å²) in [7, 11) is 0. The first-order chi connectivity index (χ1) is 11.2. The zero-order valence-corrected chi connectivity index (χ0v) is 14.1. The number of nitrogens with zero attached hydrogens (tertiary/aromatic N) is 2. The molecule has 3 aliphatic heterocycles. The van der Waals surface area contributed by atoms with Crippen LogP contribution >= 0.6 is 11.6 Å². The molecule has 3 aliphatic rings. The van der Waals surface area contributed by atoms with E-state index in [1.165, 1.54) is 11.1 Å². The van der Waals surface area contributed by atoms with Gasteiger partial charge in [0.2, 0.25) is 0 Å². The molecular weight excluding hydrogens is 304 g/mol. The van der Waals surface area contributed by atoms with Crippen LogP contribution in [-0.4, -0.2) is 34.0 Å². The summed E-state index contributed by atoms with van der Waals surface area (Å²) < 4.78 is 0. The van der Waals surface area contributed by atoms with Crippen molar-refractivity contribution < 1.29 is 0 Å². The number of hydrogen-bond acceptors (Lipinski definition) is 2. The van der Waals surface area contributed by atoms with Gasteiger partial charge in [-0.3, -0.25) is 0 Å². The molecule has 3 saturated heterocycles. The lowest BCUT2D eigenvalue weighted by Crippen LogP contribution is -2.68. The molecule has 1 unspecified atom stereocenters. The van der Waals surface area contributed by atoms with E-state index in [2.05, 4.69) is 70.7 Å². The lowest BCUT2D eigenvalue weighted by molar-refractivity contribution is -0.148. The Balaban J connectivity index is 1.61. The van der Waals surface area contributed by atoms with Gasteiger partial charge < -0.3 is 0 Å². The van der Waals surface area contributed by atoms with Crippen molar-refractivity contribution in [1.29, 1.82) is 0 Å². The SMILES string of the molecule is ClC12CCN(CC1)N(Cc1ccccc1)C2Cc1ccccc1. The maximum Gasteiger partial charge on any atom is 0.0644 e. The van der Waals surface area contributed by atoms with Crippen molar-refractivity contribution in [3.63, 3.8) is 0 Å². The van der Waals surface area contributed by atoms with Crippen LogP contribution < -0.4 is 0 Å². The molecule has 120 valence electrons. The predicted octanol–water partition coefficient (Wildman–Crippen LogP) is 4.10. The number of hydrogen-bond donors (Lipinski definition) is 0.